The highest BCUT2D eigenvalue weighted by molar-refractivity contribution is 5.79. The standard InChI is InChI=1S/C28H43N3O3/c1-5-10-20(3)19-34-24-15-13-23(14-16-24)25(18-30-28(33)27(29)21(4)6-2)31-26(32)17-22-11-8-7-9-12-22/h7-9,11-16,20-21,25,27-28,30,33H,5-6,10,17-19,29H2,1-4H3,(H,31,32). The summed E-state index contributed by atoms with van der Waals surface area (Å²) >= 11 is 0. The van der Waals surface area contributed by atoms with Crippen LogP contribution in [0.15, 0.2) is 54.6 Å². The van der Waals surface area contributed by atoms with Crippen LogP contribution in [-0.4, -0.2) is 36.4 Å². The maximum atomic E-state index is 12.8. The van der Waals surface area contributed by atoms with Crippen LogP contribution < -0.4 is 21.1 Å². The molecule has 0 saturated heterocycles. The van der Waals surface area contributed by atoms with Gasteiger partial charge in [0.05, 0.1) is 19.1 Å². The molecule has 0 aliphatic heterocycles. The summed E-state index contributed by atoms with van der Waals surface area (Å²) in [5.41, 5.74) is 8.07. The molecule has 0 radical (unpaired) electrons. The molecule has 0 heterocycles. The van der Waals surface area contributed by atoms with E-state index in [4.69, 9.17) is 10.5 Å². The predicted molar refractivity (Wildman–Crippen MR) is 138 cm³/mol. The first-order chi connectivity index (χ1) is 16.3. The highest BCUT2D eigenvalue weighted by Crippen LogP contribution is 2.20. The van der Waals surface area contributed by atoms with Crippen molar-refractivity contribution >= 4 is 5.91 Å². The molecule has 0 spiro atoms. The zero-order chi connectivity index (χ0) is 24.9. The molecular weight excluding hydrogens is 426 g/mol. The second kappa shape index (κ2) is 14.8. The lowest BCUT2D eigenvalue weighted by atomic mass is 9.98. The van der Waals surface area contributed by atoms with Crippen molar-refractivity contribution in [3.63, 3.8) is 0 Å². The summed E-state index contributed by atoms with van der Waals surface area (Å²) in [7, 11) is 0. The third-order valence-electron chi connectivity index (χ3n) is 6.34. The molecular formula is C28H43N3O3. The fourth-order valence-electron chi connectivity index (χ4n) is 3.85. The molecule has 5 atom stereocenters. The van der Waals surface area contributed by atoms with Gasteiger partial charge >= 0.3 is 0 Å². The number of carbonyl (C=O) groups is 1. The van der Waals surface area contributed by atoms with Crippen LogP contribution in [0.4, 0.5) is 0 Å². The first kappa shape index (κ1) is 27.8. The van der Waals surface area contributed by atoms with Crippen molar-refractivity contribution in [1.29, 1.82) is 0 Å². The Balaban J connectivity index is 2.06. The summed E-state index contributed by atoms with van der Waals surface area (Å²) in [5, 5.41) is 16.8. The summed E-state index contributed by atoms with van der Waals surface area (Å²) < 4.78 is 5.92. The van der Waals surface area contributed by atoms with Crippen molar-refractivity contribution in [1.82, 2.24) is 10.6 Å². The van der Waals surface area contributed by atoms with Crippen LogP contribution in [0.2, 0.25) is 0 Å². The van der Waals surface area contributed by atoms with Gasteiger partial charge in [0.2, 0.25) is 5.91 Å². The van der Waals surface area contributed by atoms with E-state index in [1.807, 2.05) is 61.5 Å². The largest absolute Gasteiger partial charge is 0.493 e. The molecule has 2 aromatic rings. The van der Waals surface area contributed by atoms with Gasteiger partial charge in [-0.25, -0.2) is 0 Å². The minimum absolute atomic E-state index is 0.0765. The highest BCUT2D eigenvalue weighted by Gasteiger charge is 2.22. The SMILES string of the molecule is CCCC(C)COc1ccc(C(CNC(O)C(N)C(C)CC)NC(=O)Cc2ccccc2)cc1. The molecule has 5 unspecified atom stereocenters. The van der Waals surface area contributed by atoms with E-state index in [0.717, 1.165) is 36.1 Å². The molecule has 0 fully saturated rings. The van der Waals surface area contributed by atoms with Crippen LogP contribution in [0, 0.1) is 11.8 Å². The van der Waals surface area contributed by atoms with Crippen LogP contribution in [-0.2, 0) is 11.2 Å². The first-order valence-electron chi connectivity index (χ1n) is 12.6. The average Bonchev–Trinajstić information content (AvgIpc) is 2.85. The van der Waals surface area contributed by atoms with Gasteiger partial charge in [0.25, 0.3) is 0 Å². The third kappa shape index (κ3) is 9.45. The number of nitrogens with one attached hydrogen (secondary N) is 2. The van der Waals surface area contributed by atoms with Crippen molar-refractivity contribution in [3.8, 4) is 5.75 Å². The van der Waals surface area contributed by atoms with Crippen LogP contribution in [0.25, 0.3) is 0 Å². The number of hydrogen-bond donors (Lipinski definition) is 4. The molecule has 34 heavy (non-hydrogen) atoms. The third-order valence-corrected chi connectivity index (χ3v) is 6.34. The van der Waals surface area contributed by atoms with Gasteiger partial charge in [-0.3, -0.25) is 10.1 Å². The maximum absolute atomic E-state index is 12.8. The molecule has 188 valence electrons. The lowest BCUT2D eigenvalue weighted by molar-refractivity contribution is -0.121. The van der Waals surface area contributed by atoms with Gasteiger partial charge in [-0.1, -0.05) is 83.0 Å². The van der Waals surface area contributed by atoms with Crippen LogP contribution in [0.1, 0.15) is 64.1 Å². The average molecular weight is 470 g/mol. The van der Waals surface area contributed by atoms with Crippen molar-refractivity contribution in [2.45, 2.75) is 71.7 Å². The van der Waals surface area contributed by atoms with E-state index in [9.17, 15) is 9.90 Å². The van der Waals surface area contributed by atoms with Crippen molar-refractivity contribution in [2.24, 2.45) is 17.6 Å². The summed E-state index contributed by atoms with van der Waals surface area (Å²) in [5.74, 6) is 1.43. The molecule has 5 N–H and O–H groups in total. The van der Waals surface area contributed by atoms with E-state index >= 15 is 0 Å². The number of benzene rings is 2. The molecule has 2 aromatic carbocycles. The minimum atomic E-state index is -0.855. The van der Waals surface area contributed by atoms with Gasteiger partial charge in [-0.15, -0.1) is 0 Å². The number of amides is 1. The molecule has 0 saturated carbocycles. The first-order valence-corrected chi connectivity index (χ1v) is 12.6. The molecule has 2 rings (SSSR count). The smallest absolute Gasteiger partial charge is 0.224 e. The Morgan fingerprint density at radius 2 is 1.74 bits per heavy atom. The van der Waals surface area contributed by atoms with E-state index in [-0.39, 0.29) is 23.9 Å². The second-order valence-corrected chi connectivity index (χ2v) is 9.37. The number of carbonyl (C=O) groups excluding carboxylic acids is 1. The van der Waals surface area contributed by atoms with Gasteiger partial charge in [-0.2, -0.15) is 0 Å². The van der Waals surface area contributed by atoms with Crippen LogP contribution in [0.3, 0.4) is 0 Å². The van der Waals surface area contributed by atoms with E-state index in [1.54, 1.807) is 0 Å². The summed E-state index contributed by atoms with van der Waals surface area (Å²) in [6.45, 7) is 9.49. The Morgan fingerprint density at radius 1 is 1.06 bits per heavy atom. The zero-order valence-electron chi connectivity index (χ0n) is 21.2. The number of aliphatic hydroxyl groups is 1. The Bertz CT molecular complexity index is 829. The van der Waals surface area contributed by atoms with Gasteiger partial charge in [-0.05, 0) is 41.5 Å². The number of aliphatic hydroxyl groups excluding tert-OH is 1. The van der Waals surface area contributed by atoms with Crippen molar-refractivity contribution in [2.75, 3.05) is 13.2 Å². The highest BCUT2D eigenvalue weighted by atomic mass is 16.5. The Morgan fingerprint density at radius 3 is 2.35 bits per heavy atom. The monoisotopic (exact) mass is 469 g/mol. The number of ether oxygens (including phenoxy) is 1. The maximum Gasteiger partial charge on any atom is 0.224 e. The predicted octanol–water partition coefficient (Wildman–Crippen LogP) is 4.18. The van der Waals surface area contributed by atoms with Crippen molar-refractivity contribution < 1.29 is 14.6 Å². The number of hydrogen-bond acceptors (Lipinski definition) is 5. The molecule has 0 aliphatic carbocycles. The van der Waals surface area contributed by atoms with Gasteiger partial charge in [0, 0.05) is 12.6 Å². The fourth-order valence-corrected chi connectivity index (χ4v) is 3.85. The van der Waals surface area contributed by atoms with E-state index in [0.29, 0.717) is 25.5 Å². The van der Waals surface area contributed by atoms with Gasteiger partial charge < -0.3 is 20.9 Å². The van der Waals surface area contributed by atoms with Crippen LogP contribution in [0.5, 0.6) is 5.75 Å². The second-order valence-electron chi connectivity index (χ2n) is 9.37. The molecule has 0 aromatic heterocycles. The van der Waals surface area contributed by atoms with E-state index < -0.39 is 6.23 Å². The fraction of sp³-hybridized carbons (Fsp3) is 0.536. The minimum Gasteiger partial charge on any atom is -0.493 e. The zero-order valence-corrected chi connectivity index (χ0v) is 21.2. The normalized spacial score (nSPS) is 15.7. The lowest BCUT2D eigenvalue weighted by Gasteiger charge is -2.27. The summed E-state index contributed by atoms with van der Waals surface area (Å²) in [6, 6.07) is 16.8. The molecule has 0 aliphatic rings. The molecule has 0 bridgehead atoms. The Labute approximate surface area is 205 Å². The summed E-state index contributed by atoms with van der Waals surface area (Å²) in [6.07, 6.45) is 2.61. The molecule has 6 nitrogen and oxygen atoms in total. The van der Waals surface area contributed by atoms with Gasteiger partial charge in [0.1, 0.15) is 12.0 Å². The Kier molecular flexibility index (Phi) is 12.1. The topological polar surface area (TPSA) is 96.6 Å². The quantitative estimate of drug-likeness (QED) is 0.293. The molecule has 6 heteroatoms. The van der Waals surface area contributed by atoms with Crippen molar-refractivity contribution in [3.05, 3.63) is 65.7 Å². The van der Waals surface area contributed by atoms with E-state index in [1.165, 1.54) is 0 Å². The summed E-state index contributed by atoms with van der Waals surface area (Å²) in [4.78, 5) is 12.8. The van der Waals surface area contributed by atoms with Crippen LogP contribution >= 0.6 is 0 Å². The Hall–Kier alpha value is -2.41. The molecule has 1 amide bonds. The van der Waals surface area contributed by atoms with E-state index in [2.05, 4.69) is 31.4 Å². The van der Waals surface area contributed by atoms with Gasteiger partial charge in [0.15, 0.2) is 0 Å². The lowest BCUT2D eigenvalue weighted by Crippen LogP contribution is -2.50. The number of rotatable bonds is 15. The number of nitrogens with two attached hydrogens (primary N) is 1.